The van der Waals surface area contributed by atoms with Gasteiger partial charge in [-0.1, -0.05) is 6.92 Å². The molecule has 13 heteroatoms. The number of guanidine groups is 1. The summed E-state index contributed by atoms with van der Waals surface area (Å²) in [7, 11) is 1.57. The molecule has 30 heavy (non-hydrogen) atoms. The zero-order valence-electron chi connectivity index (χ0n) is 16.9. The molecule has 3 amide bonds. The third-order valence-electron chi connectivity index (χ3n) is 4.60. The summed E-state index contributed by atoms with van der Waals surface area (Å²) >= 11 is 0.967. The van der Waals surface area contributed by atoms with Gasteiger partial charge in [0.15, 0.2) is 11.7 Å². The van der Waals surface area contributed by atoms with Gasteiger partial charge in [0.2, 0.25) is 0 Å². The number of urea groups is 1. The summed E-state index contributed by atoms with van der Waals surface area (Å²) in [5, 5.41) is 10.1. The minimum absolute atomic E-state index is 0. The van der Waals surface area contributed by atoms with Gasteiger partial charge in [0.25, 0.3) is 5.91 Å². The Labute approximate surface area is 194 Å². The number of amides is 3. The fraction of sp³-hybridized carbons (Fsp3) is 0.647. The van der Waals surface area contributed by atoms with Gasteiger partial charge in [0.05, 0.1) is 5.01 Å². The fourth-order valence-electron chi connectivity index (χ4n) is 2.70. The Morgan fingerprint density at radius 2 is 2.00 bits per heavy atom. The Balaban J connectivity index is 0.00000450. The molecule has 1 aliphatic rings. The van der Waals surface area contributed by atoms with Crippen molar-refractivity contribution in [3.05, 3.63) is 16.1 Å². The van der Waals surface area contributed by atoms with Gasteiger partial charge in [-0.2, -0.15) is 13.2 Å². The van der Waals surface area contributed by atoms with Gasteiger partial charge in [-0.15, -0.1) is 35.3 Å². The van der Waals surface area contributed by atoms with Gasteiger partial charge in [0.1, 0.15) is 5.54 Å². The van der Waals surface area contributed by atoms with Crippen molar-refractivity contribution < 1.29 is 22.8 Å². The van der Waals surface area contributed by atoms with E-state index >= 15 is 0 Å². The first-order valence-corrected chi connectivity index (χ1v) is 10.1. The minimum atomic E-state index is -4.43. The van der Waals surface area contributed by atoms with E-state index in [1.54, 1.807) is 14.0 Å². The van der Waals surface area contributed by atoms with Crippen LogP contribution in [0.5, 0.6) is 0 Å². The maximum atomic E-state index is 12.6. The van der Waals surface area contributed by atoms with Crippen LogP contribution in [0.4, 0.5) is 18.0 Å². The van der Waals surface area contributed by atoms with E-state index in [-0.39, 0.29) is 42.5 Å². The molecule has 1 saturated heterocycles. The molecule has 0 spiro atoms. The van der Waals surface area contributed by atoms with Gasteiger partial charge in [-0.3, -0.25) is 14.7 Å². The molecule has 8 nitrogen and oxygen atoms in total. The molecule has 1 aromatic heterocycles. The average Bonchev–Trinajstić information content (AvgIpc) is 3.22. The van der Waals surface area contributed by atoms with E-state index < -0.39 is 17.4 Å². The van der Waals surface area contributed by atoms with Crippen molar-refractivity contribution in [3.8, 4) is 0 Å². The van der Waals surface area contributed by atoms with Crippen LogP contribution in [0.15, 0.2) is 10.4 Å². The van der Waals surface area contributed by atoms with Crippen LogP contribution < -0.4 is 16.0 Å². The maximum absolute atomic E-state index is 12.6. The lowest BCUT2D eigenvalue weighted by Gasteiger charge is -2.19. The van der Waals surface area contributed by atoms with Crippen molar-refractivity contribution in [2.24, 2.45) is 4.99 Å². The second kappa shape index (κ2) is 11.1. The number of hydrogen-bond acceptors (Lipinski definition) is 5. The maximum Gasteiger partial charge on any atom is 0.434 e. The molecule has 2 heterocycles. The second-order valence-electron chi connectivity index (χ2n) is 6.73. The number of halogens is 4. The van der Waals surface area contributed by atoms with E-state index in [2.05, 4.69) is 25.9 Å². The van der Waals surface area contributed by atoms with Crippen LogP contribution >= 0.6 is 35.3 Å². The van der Waals surface area contributed by atoms with Crippen LogP contribution in [0, 0.1) is 0 Å². The molecule has 1 aromatic rings. The molecule has 0 aliphatic carbocycles. The van der Waals surface area contributed by atoms with E-state index in [0.717, 1.165) is 16.7 Å². The Hall–Kier alpha value is -1.64. The summed E-state index contributed by atoms with van der Waals surface area (Å²) in [5.41, 5.74) is -1.72. The predicted molar refractivity (Wildman–Crippen MR) is 119 cm³/mol. The van der Waals surface area contributed by atoms with Gasteiger partial charge >= 0.3 is 12.2 Å². The molecule has 0 aromatic carbocycles. The number of alkyl halides is 3. The molecular formula is C17H26F3IN6O2S. The monoisotopic (exact) mass is 562 g/mol. The summed E-state index contributed by atoms with van der Waals surface area (Å²) in [5.74, 6) is 0.252. The van der Waals surface area contributed by atoms with Crippen LogP contribution in [0.25, 0.3) is 0 Å². The van der Waals surface area contributed by atoms with E-state index in [0.29, 0.717) is 43.3 Å². The van der Waals surface area contributed by atoms with E-state index in [1.807, 2.05) is 6.92 Å². The molecule has 0 bridgehead atoms. The molecule has 3 N–H and O–H groups in total. The number of nitrogens with zero attached hydrogens (tertiary/aromatic N) is 3. The second-order valence-corrected chi connectivity index (χ2v) is 7.67. The Morgan fingerprint density at radius 1 is 1.33 bits per heavy atom. The summed E-state index contributed by atoms with van der Waals surface area (Å²) < 4.78 is 37.7. The normalized spacial score (nSPS) is 19.5. The quantitative estimate of drug-likeness (QED) is 0.149. The number of hydrogen-bond donors (Lipinski definition) is 3. The summed E-state index contributed by atoms with van der Waals surface area (Å²) in [4.78, 5) is 33.1. The smallest absolute Gasteiger partial charge is 0.356 e. The first-order chi connectivity index (χ1) is 13.6. The number of imide groups is 1. The molecule has 0 radical (unpaired) electrons. The van der Waals surface area contributed by atoms with Gasteiger partial charge < -0.3 is 16.0 Å². The van der Waals surface area contributed by atoms with Crippen molar-refractivity contribution in [1.29, 1.82) is 0 Å². The first kappa shape index (κ1) is 26.4. The molecule has 1 unspecified atom stereocenters. The highest BCUT2D eigenvalue weighted by atomic mass is 127. The number of carbonyl (C=O) groups is 2. The topological polar surface area (TPSA) is 98.7 Å². The van der Waals surface area contributed by atoms with Crippen molar-refractivity contribution >= 4 is 53.2 Å². The number of carbonyl (C=O) groups excluding carboxylic acids is 2. The van der Waals surface area contributed by atoms with Crippen LogP contribution in [0.1, 0.15) is 37.4 Å². The lowest BCUT2D eigenvalue weighted by atomic mass is 9.99. The number of thiazole rings is 1. The molecule has 0 saturated carbocycles. The number of nitrogens with one attached hydrogen (secondary N) is 3. The van der Waals surface area contributed by atoms with Crippen LogP contribution in [-0.2, 0) is 17.4 Å². The molecular weight excluding hydrogens is 536 g/mol. The Bertz CT molecular complexity index is 773. The lowest BCUT2D eigenvalue weighted by Crippen LogP contribution is -2.43. The van der Waals surface area contributed by atoms with Crippen LogP contribution in [0.3, 0.4) is 0 Å². The van der Waals surface area contributed by atoms with Gasteiger partial charge in [-0.25, -0.2) is 9.78 Å². The van der Waals surface area contributed by atoms with E-state index in [9.17, 15) is 22.8 Å². The minimum Gasteiger partial charge on any atom is -0.356 e. The number of rotatable bonds is 8. The summed E-state index contributed by atoms with van der Waals surface area (Å²) in [6.07, 6.45) is -3.05. The highest BCUT2D eigenvalue weighted by Gasteiger charge is 2.45. The Kier molecular flexibility index (Phi) is 9.78. The molecule has 1 fully saturated rings. The van der Waals surface area contributed by atoms with Crippen LogP contribution in [0.2, 0.25) is 0 Å². The molecule has 2 rings (SSSR count). The van der Waals surface area contributed by atoms with Crippen molar-refractivity contribution in [2.75, 3.05) is 26.7 Å². The van der Waals surface area contributed by atoms with Crippen molar-refractivity contribution in [2.45, 2.75) is 44.8 Å². The molecule has 170 valence electrons. The predicted octanol–water partition coefficient (Wildman–Crippen LogP) is 2.60. The fourth-order valence-corrected chi connectivity index (χ4v) is 3.50. The zero-order chi connectivity index (χ0) is 21.7. The third kappa shape index (κ3) is 6.68. The van der Waals surface area contributed by atoms with Crippen LogP contribution in [-0.4, -0.2) is 60.0 Å². The SMILES string of the molecule is CCC1(C)NC(=O)N(CCCNC(=NC)NCCc2nc(C(F)(F)F)cs2)C1=O.I. The van der Waals surface area contributed by atoms with Crippen molar-refractivity contribution in [3.63, 3.8) is 0 Å². The van der Waals surface area contributed by atoms with Gasteiger partial charge in [0, 0.05) is 38.5 Å². The van der Waals surface area contributed by atoms with E-state index in [1.165, 1.54) is 4.90 Å². The average molecular weight is 562 g/mol. The highest BCUT2D eigenvalue weighted by molar-refractivity contribution is 14.0. The molecule has 1 atom stereocenters. The van der Waals surface area contributed by atoms with Crippen molar-refractivity contribution in [1.82, 2.24) is 25.8 Å². The molecule has 1 aliphatic heterocycles. The third-order valence-corrected chi connectivity index (χ3v) is 5.51. The summed E-state index contributed by atoms with van der Waals surface area (Å²) in [6.45, 7) is 4.66. The lowest BCUT2D eigenvalue weighted by molar-refractivity contribution is -0.140. The van der Waals surface area contributed by atoms with Gasteiger partial charge in [-0.05, 0) is 19.8 Å². The first-order valence-electron chi connectivity index (χ1n) is 9.21. The standard InChI is InChI=1S/C17H25F3N6O2S.HI/c1-4-16(2)13(27)26(15(28)25-16)9-5-7-22-14(21-3)23-8-6-12-24-11(10-29-12)17(18,19)20;/h10H,4-9H2,1-3H3,(H,25,28)(H2,21,22,23);1H. The Morgan fingerprint density at radius 3 is 2.53 bits per heavy atom. The summed E-state index contributed by atoms with van der Waals surface area (Å²) in [6, 6.07) is -0.386. The largest absolute Gasteiger partial charge is 0.434 e. The number of aromatic nitrogens is 1. The highest BCUT2D eigenvalue weighted by Crippen LogP contribution is 2.30. The van der Waals surface area contributed by atoms with E-state index in [4.69, 9.17) is 0 Å². The number of aliphatic imine (C=N–C) groups is 1. The zero-order valence-corrected chi connectivity index (χ0v) is 20.1.